The van der Waals surface area contributed by atoms with Crippen LogP contribution in [0.2, 0.25) is 0 Å². The summed E-state index contributed by atoms with van der Waals surface area (Å²) in [4.78, 5) is 2.42. The first-order chi connectivity index (χ1) is 9.74. The van der Waals surface area contributed by atoms with Gasteiger partial charge in [-0.1, -0.05) is 26.2 Å². The van der Waals surface area contributed by atoms with Crippen LogP contribution >= 0.6 is 0 Å². The number of nitrogens with zero attached hydrogens (tertiary/aromatic N) is 3. The Balaban J connectivity index is 1.97. The molecule has 0 aromatic carbocycles. The maximum atomic E-state index is 9.31. The van der Waals surface area contributed by atoms with Crippen LogP contribution in [0, 0.1) is 0 Å². The monoisotopic (exact) mass is 279 g/mol. The van der Waals surface area contributed by atoms with Gasteiger partial charge in [0, 0.05) is 31.4 Å². The molecule has 1 fully saturated rings. The lowest BCUT2D eigenvalue weighted by atomic mass is 9.94. The smallest absolute Gasteiger partial charge is 0.0765 e. The minimum atomic E-state index is 0.239. The molecule has 1 aliphatic rings. The van der Waals surface area contributed by atoms with E-state index >= 15 is 0 Å². The summed E-state index contributed by atoms with van der Waals surface area (Å²) in [5.41, 5.74) is 1.13. The molecule has 20 heavy (non-hydrogen) atoms. The first kappa shape index (κ1) is 15.5. The molecule has 0 bridgehead atoms. The van der Waals surface area contributed by atoms with Crippen molar-refractivity contribution < 1.29 is 5.11 Å². The highest BCUT2D eigenvalue weighted by molar-refractivity contribution is 5.00. The van der Waals surface area contributed by atoms with Crippen LogP contribution in [0.1, 0.15) is 64.1 Å². The molecular formula is C16H29N3O. The average Bonchev–Trinajstić information content (AvgIpc) is 2.95. The molecule has 0 aliphatic heterocycles. The number of aromatic nitrogens is 2. The van der Waals surface area contributed by atoms with Crippen LogP contribution in [-0.4, -0.2) is 39.0 Å². The van der Waals surface area contributed by atoms with E-state index in [1.54, 1.807) is 0 Å². The molecule has 0 saturated heterocycles. The van der Waals surface area contributed by atoms with E-state index in [1.165, 1.54) is 32.1 Å². The van der Waals surface area contributed by atoms with Gasteiger partial charge in [0.1, 0.15) is 0 Å². The Hall–Kier alpha value is -0.870. The zero-order valence-electron chi connectivity index (χ0n) is 13.0. The molecule has 2 rings (SSSR count). The predicted octanol–water partition coefficient (Wildman–Crippen LogP) is 2.98. The van der Waals surface area contributed by atoms with Crippen molar-refractivity contribution in [3.63, 3.8) is 0 Å². The number of rotatable bonds is 7. The van der Waals surface area contributed by atoms with Crippen LogP contribution in [0.25, 0.3) is 0 Å². The summed E-state index contributed by atoms with van der Waals surface area (Å²) >= 11 is 0. The molecule has 0 amide bonds. The van der Waals surface area contributed by atoms with Gasteiger partial charge in [-0.2, -0.15) is 5.10 Å². The minimum Gasteiger partial charge on any atom is -0.395 e. The van der Waals surface area contributed by atoms with Gasteiger partial charge >= 0.3 is 0 Å². The van der Waals surface area contributed by atoms with Crippen molar-refractivity contribution in [1.82, 2.24) is 14.7 Å². The summed E-state index contributed by atoms with van der Waals surface area (Å²) in [5, 5.41) is 14.0. The Morgan fingerprint density at radius 2 is 2.15 bits per heavy atom. The van der Waals surface area contributed by atoms with E-state index in [4.69, 9.17) is 5.10 Å². The van der Waals surface area contributed by atoms with Gasteiger partial charge in [0.05, 0.1) is 12.3 Å². The van der Waals surface area contributed by atoms with Gasteiger partial charge in [-0.05, 0) is 32.3 Å². The molecule has 1 atom stereocenters. The maximum Gasteiger partial charge on any atom is 0.0765 e. The number of hydrogen-bond donors (Lipinski definition) is 1. The van der Waals surface area contributed by atoms with Crippen LogP contribution in [0.15, 0.2) is 12.3 Å². The van der Waals surface area contributed by atoms with Crippen LogP contribution in [-0.2, 0) is 6.54 Å². The van der Waals surface area contributed by atoms with E-state index in [9.17, 15) is 5.11 Å². The van der Waals surface area contributed by atoms with Gasteiger partial charge in [-0.25, -0.2) is 0 Å². The van der Waals surface area contributed by atoms with Gasteiger partial charge in [-0.3, -0.25) is 9.58 Å². The molecule has 1 aromatic heterocycles. The summed E-state index contributed by atoms with van der Waals surface area (Å²) in [6, 6.07) is 3.22. The second-order valence-electron chi connectivity index (χ2n) is 6.03. The zero-order valence-corrected chi connectivity index (χ0v) is 13.0. The number of hydrogen-bond acceptors (Lipinski definition) is 3. The fourth-order valence-electron chi connectivity index (χ4n) is 3.07. The summed E-state index contributed by atoms with van der Waals surface area (Å²) in [5.74, 6) is 0. The second kappa shape index (κ2) is 7.79. The molecule has 1 unspecified atom stereocenters. The van der Waals surface area contributed by atoms with Crippen LogP contribution in [0.4, 0.5) is 0 Å². The summed E-state index contributed by atoms with van der Waals surface area (Å²) in [7, 11) is 0. The Morgan fingerprint density at radius 3 is 2.80 bits per heavy atom. The highest BCUT2D eigenvalue weighted by atomic mass is 16.3. The molecule has 1 N–H and O–H groups in total. The molecule has 1 aliphatic carbocycles. The van der Waals surface area contributed by atoms with Gasteiger partial charge in [0.25, 0.3) is 0 Å². The Bertz CT molecular complexity index is 385. The SMILES string of the molecule is CCC(C)n1ccc(CN(CCO)C2CCCCC2)n1. The summed E-state index contributed by atoms with van der Waals surface area (Å²) in [6.07, 6.45) is 9.75. The molecular weight excluding hydrogens is 250 g/mol. The molecule has 1 saturated carbocycles. The Morgan fingerprint density at radius 1 is 1.40 bits per heavy atom. The largest absolute Gasteiger partial charge is 0.395 e. The summed E-state index contributed by atoms with van der Waals surface area (Å²) < 4.78 is 2.06. The van der Waals surface area contributed by atoms with Crippen molar-refractivity contribution >= 4 is 0 Å². The van der Waals surface area contributed by atoms with Crippen molar-refractivity contribution in [3.8, 4) is 0 Å². The molecule has 4 heteroatoms. The third kappa shape index (κ3) is 4.06. The van der Waals surface area contributed by atoms with Crippen molar-refractivity contribution in [2.24, 2.45) is 0 Å². The van der Waals surface area contributed by atoms with Crippen molar-refractivity contribution in [2.75, 3.05) is 13.2 Å². The van der Waals surface area contributed by atoms with Gasteiger partial charge < -0.3 is 5.11 Å². The standard InChI is InChI=1S/C16H29N3O/c1-3-14(2)19-10-9-15(17-19)13-18(11-12-20)16-7-5-4-6-8-16/h9-10,14,16,20H,3-8,11-13H2,1-2H3. The van der Waals surface area contributed by atoms with Crippen LogP contribution in [0.3, 0.4) is 0 Å². The number of aliphatic hydroxyl groups excluding tert-OH is 1. The van der Waals surface area contributed by atoms with E-state index < -0.39 is 0 Å². The molecule has 0 spiro atoms. The normalized spacial score (nSPS) is 18.6. The lowest BCUT2D eigenvalue weighted by molar-refractivity contribution is 0.115. The highest BCUT2D eigenvalue weighted by Gasteiger charge is 2.21. The average molecular weight is 279 g/mol. The first-order valence-corrected chi connectivity index (χ1v) is 8.13. The van der Waals surface area contributed by atoms with E-state index in [1.807, 2.05) is 0 Å². The first-order valence-electron chi connectivity index (χ1n) is 8.13. The fourth-order valence-corrected chi connectivity index (χ4v) is 3.07. The van der Waals surface area contributed by atoms with E-state index in [-0.39, 0.29) is 6.61 Å². The van der Waals surface area contributed by atoms with Crippen molar-refractivity contribution in [2.45, 2.75) is 71.0 Å². The predicted molar refractivity (Wildman–Crippen MR) is 81.6 cm³/mol. The molecule has 0 radical (unpaired) electrons. The number of aliphatic hydroxyl groups is 1. The van der Waals surface area contributed by atoms with E-state index in [2.05, 4.69) is 35.7 Å². The molecule has 4 nitrogen and oxygen atoms in total. The Labute approximate surface area is 122 Å². The highest BCUT2D eigenvalue weighted by Crippen LogP contribution is 2.23. The molecule has 1 aromatic rings. The zero-order chi connectivity index (χ0) is 14.4. The van der Waals surface area contributed by atoms with E-state index in [0.29, 0.717) is 12.1 Å². The van der Waals surface area contributed by atoms with Crippen LogP contribution < -0.4 is 0 Å². The lowest BCUT2D eigenvalue weighted by Gasteiger charge is -2.33. The van der Waals surface area contributed by atoms with Gasteiger partial charge in [-0.15, -0.1) is 0 Å². The Kier molecular flexibility index (Phi) is 6.05. The third-order valence-corrected chi connectivity index (χ3v) is 4.55. The maximum absolute atomic E-state index is 9.31. The molecule has 114 valence electrons. The van der Waals surface area contributed by atoms with E-state index in [0.717, 1.165) is 25.2 Å². The third-order valence-electron chi connectivity index (χ3n) is 4.55. The molecule has 1 heterocycles. The lowest BCUT2D eigenvalue weighted by Crippen LogP contribution is -2.38. The summed E-state index contributed by atoms with van der Waals surface area (Å²) in [6.45, 7) is 6.26. The second-order valence-corrected chi connectivity index (χ2v) is 6.03. The van der Waals surface area contributed by atoms with Crippen molar-refractivity contribution in [3.05, 3.63) is 18.0 Å². The quantitative estimate of drug-likeness (QED) is 0.834. The van der Waals surface area contributed by atoms with Gasteiger partial charge in [0.15, 0.2) is 0 Å². The van der Waals surface area contributed by atoms with Gasteiger partial charge in [0.2, 0.25) is 0 Å². The van der Waals surface area contributed by atoms with Crippen LogP contribution in [0.5, 0.6) is 0 Å². The topological polar surface area (TPSA) is 41.3 Å². The fraction of sp³-hybridized carbons (Fsp3) is 0.812. The van der Waals surface area contributed by atoms with Crippen molar-refractivity contribution in [1.29, 1.82) is 0 Å². The minimum absolute atomic E-state index is 0.239.